The molecule has 1 aromatic rings. The van der Waals surface area contributed by atoms with Gasteiger partial charge in [-0.3, -0.25) is 0 Å². The number of nitriles is 1. The fourth-order valence-corrected chi connectivity index (χ4v) is 2.07. The van der Waals surface area contributed by atoms with Gasteiger partial charge < -0.3 is 4.90 Å². The monoisotopic (exact) mass is 220 g/mol. The summed E-state index contributed by atoms with van der Waals surface area (Å²) in [4.78, 5) is 1.88. The highest BCUT2D eigenvalue weighted by atomic mass is 19.1. The van der Waals surface area contributed by atoms with Crippen LogP contribution < -0.4 is 0 Å². The lowest BCUT2D eigenvalue weighted by atomic mass is 9.81. The third kappa shape index (κ3) is 2.40. The third-order valence-electron chi connectivity index (χ3n) is 2.69. The molecular weight excluding hydrogens is 203 g/mol. The molecule has 1 atom stereocenters. The zero-order valence-corrected chi connectivity index (χ0v) is 10.2. The quantitative estimate of drug-likeness (QED) is 0.783. The van der Waals surface area contributed by atoms with E-state index in [-0.39, 0.29) is 11.9 Å². The van der Waals surface area contributed by atoms with Crippen LogP contribution in [0, 0.1) is 22.6 Å². The molecule has 1 rings (SSSR count). The highest BCUT2D eigenvalue weighted by molar-refractivity contribution is 5.25. The number of halogens is 1. The van der Waals surface area contributed by atoms with Crippen LogP contribution in [0.2, 0.25) is 0 Å². The summed E-state index contributed by atoms with van der Waals surface area (Å²) in [5.74, 6) is -0.260. The van der Waals surface area contributed by atoms with Crippen LogP contribution in [0.25, 0.3) is 0 Å². The van der Waals surface area contributed by atoms with Crippen LogP contribution in [0.4, 0.5) is 4.39 Å². The van der Waals surface area contributed by atoms with Gasteiger partial charge in [-0.25, -0.2) is 4.39 Å². The molecule has 1 aromatic carbocycles. The average Bonchev–Trinajstić information content (AvgIpc) is 2.20. The van der Waals surface area contributed by atoms with Crippen LogP contribution in [0.1, 0.15) is 25.5 Å². The molecule has 0 amide bonds. The van der Waals surface area contributed by atoms with Crippen molar-refractivity contribution in [1.29, 1.82) is 5.26 Å². The Morgan fingerprint density at radius 1 is 1.31 bits per heavy atom. The highest BCUT2D eigenvalue weighted by Crippen LogP contribution is 2.37. The van der Waals surface area contributed by atoms with Crippen LogP contribution in [0.15, 0.2) is 24.3 Å². The van der Waals surface area contributed by atoms with Crippen LogP contribution in [0.3, 0.4) is 0 Å². The lowest BCUT2D eigenvalue weighted by Gasteiger charge is -2.34. The summed E-state index contributed by atoms with van der Waals surface area (Å²) in [6.07, 6.45) is 0. The first kappa shape index (κ1) is 12.7. The molecule has 1 unspecified atom stereocenters. The molecule has 0 heterocycles. The Morgan fingerprint density at radius 3 is 2.31 bits per heavy atom. The maximum atomic E-state index is 13.7. The summed E-state index contributed by atoms with van der Waals surface area (Å²) in [6, 6.07) is 8.61. The molecule has 2 nitrogen and oxygen atoms in total. The first-order valence-corrected chi connectivity index (χ1v) is 5.22. The number of hydrogen-bond donors (Lipinski definition) is 0. The van der Waals surface area contributed by atoms with Crippen LogP contribution in [-0.2, 0) is 0 Å². The van der Waals surface area contributed by atoms with Gasteiger partial charge in [-0.2, -0.15) is 5.26 Å². The summed E-state index contributed by atoms with van der Waals surface area (Å²) in [7, 11) is 3.71. The molecule has 0 radical (unpaired) electrons. The summed E-state index contributed by atoms with van der Waals surface area (Å²) in [5, 5.41) is 9.17. The molecule has 0 fully saturated rings. The van der Waals surface area contributed by atoms with Gasteiger partial charge in [0.15, 0.2) is 0 Å². The van der Waals surface area contributed by atoms with Crippen LogP contribution in [-0.4, -0.2) is 19.0 Å². The van der Waals surface area contributed by atoms with Crippen LogP contribution >= 0.6 is 0 Å². The van der Waals surface area contributed by atoms with Gasteiger partial charge in [-0.1, -0.05) is 18.2 Å². The van der Waals surface area contributed by atoms with E-state index >= 15 is 0 Å². The van der Waals surface area contributed by atoms with Gasteiger partial charge in [0.1, 0.15) is 5.82 Å². The lowest BCUT2D eigenvalue weighted by Crippen LogP contribution is -2.33. The van der Waals surface area contributed by atoms with E-state index in [1.54, 1.807) is 18.2 Å². The Kier molecular flexibility index (Phi) is 3.66. The normalized spacial score (nSPS) is 13.6. The van der Waals surface area contributed by atoms with Gasteiger partial charge in [-0.15, -0.1) is 0 Å². The molecule has 3 heteroatoms. The first-order chi connectivity index (χ1) is 7.40. The molecular formula is C13H17FN2. The Balaban J connectivity index is 3.25. The molecule has 0 N–H and O–H groups in total. The minimum atomic E-state index is -0.633. The van der Waals surface area contributed by atoms with Crippen LogP contribution in [0.5, 0.6) is 0 Å². The Hall–Kier alpha value is -1.40. The SMILES string of the molecule is CN(C)C(c1ccccc1F)C(C)(C)C#N. The summed E-state index contributed by atoms with van der Waals surface area (Å²) >= 11 is 0. The molecule has 86 valence electrons. The number of rotatable bonds is 3. The van der Waals surface area contributed by atoms with E-state index in [2.05, 4.69) is 6.07 Å². The molecule has 0 aliphatic carbocycles. The topological polar surface area (TPSA) is 27.0 Å². The maximum absolute atomic E-state index is 13.7. The van der Waals surface area contributed by atoms with Gasteiger partial charge in [0.05, 0.1) is 17.5 Å². The van der Waals surface area contributed by atoms with Gasteiger partial charge in [0, 0.05) is 5.56 Å². The zero-order chi connectivity index (χ0) is 12.3. The third-order valence-corrected chi connectivity index (χ3v) is 2.69. The van der Waals surface area contributed by atoms with Gasteiger partial charge in [0.2, 0.25) is 0 Å². The van der Waals surface area contributed by atoms with Gasteiger partial charge in [0.25, 0.3) is 0 Å². The van der Waals surface area contributed by atoms with Crippen molar-refractivity contribution < 1.29 is 4.39 Å². The molecule has 0 saturated heterocycles. The number of nitrogens with zero attached hydrogens (tertiary/aromatic N) is 2. The second kappa shape index (κ2) is 4.63. The van der Waals surface area contributed by atoms with Crippen molar-refractivity contribution in [1.82, 2.24) is 4.90 Å². The van der Waals surface area contributed by atoms with E-state index < -0.39 is 5.41 Å². The Bertz CT molecular complexity index is 405. The van der Waals surface area contributed by atoms with E-state index in [0.717, 1.165) is 0 Å². The largest absolute Gasteiger partial charge is 0.301 e. The molecule has 0 aliphatic rings. The second-order valence-electron chi connectivity index (χ2n) is 4.72. The van der Waals surface area contributed by atoms with Crippen molar-refractivity contribution in [2.24, 2.45) is 5.41 Å². The molecule has 0 aliphatic heterocycles. The summed E-state index contributed by atoms with van der Waals surface area (Å²) < 4.78 is 13.7. The van der Waals surface area contributed by atoms with E-state index in [9.17, 15) is 4.39 Å². The Labute approximate surface area is 96.3 Å². The highest BCUT2D eigenvalue weighted by Gasteiger charge is 2.34. The summed E-state index contributed by atoms with van der Waals surface area (Å²) in [6.45, 7) is 3.65. The Morgan fingerprint density at radius 2 is 1.88 bits per heavy atom. The number of hydrogen-bond acceptors (Lipinski definition) is 2. The predicted molar refractivity (Wildman–Crippen MR) is 62.2 cm³/mol. The number of benzene rings is 1. The van der Waals surface area contributed by atoms with Gasteiger partial charge in [-0.05, 0) is 34.0 Å². The standard InChI is InChI=1S/C13H17FN2/c1-13(2,9-15)12(16(3)4)10-7-5-6-8-11(10)14/h5-8,12H,1-4H3. The average molecular weight is 220 g/mol. The molecule has 16 heavy (non-hydrogen) atoms. The van der Waals surface area contributed by atoms with Crippen molar-refractivity contribution in [2.75, 3.05) is 14.1 Å². The summed E-state index contributed by atoms with van der Waals surface area (Å²) in [5.41, 5.74) is -0.0647. The van der Waals surface area contributed by atoms with Crippen molar-refractivity contribution in [3.63, 3.8) is 0 Å². The first-order valence-electron chi connectivity index (χ1n) is 5.22. The molecule has 0 bridgehead atoms. The lowest BCUT2D eigenvalue weighted by molar-refractivity contribution is 0.180. The van der Waals surface area contributed by atoms with Crippen molar-refractivity contribution >= 4 is 0 Å². The van der Waals surface area contributed by atoms with E-state index in [4.69, 9.17) is 5.26 Å². The maximum Gasteiger partial charge on any atom is 0.128 e. The van der Waals surface area contributed by atoms with Crippen molar-refractivity contribution in [3.05, 3.63) is 35.6 Å². The fourth-order valence-electron chi connectivity index (χ4n) is 2.07. The van der Waals surface area contributed by atoms with E-state index in [1.807, 2.05) is 32.8 Å². The minimum Gasteiger partial charge on any atom is -0.301 e. The molecule has 0 aromatic heterocycles. The van der Waals surface area contributed by atoms with Crippen molar-refractivity contribution in [3.8, 4) is 6.07 Å². The fraction of sp³-hybridized carbons (Fsp3) is 0.462. The molecule has 0 saturated carbocycles. The van der Waals surface area contributed by atoms with E-state index in [0.29, 0.717) is 5.56 Å². The zero-order valence-electron chi connectivity index (χ0n) is 10.2. The minimum absolute atomic E-state index is 0.251. The second-order valence-corrected chi connectivity index (χ2v) is 4.72. The smallest absolute Gasteiger partial charge is 0.128 e. The van der Waals surface area contributed by atoms with Crippen molar-refractivity contribution in [2.45, 2.75) is 19.9 Å². The predicted octanol–water partition coefficient (Wildman–Crippen LogP) is 2.98. The molecule has 0 spiro atoms. The van der Waals surface area contributed by atoms with E-state index in [1.165, 1.54) is 6.07 Å². The van der Waals surface area contributed by atoms with Gasteiger partial charge >= 0.3 is 0 Å².